The summed E-state index contributed by atoms with van der Waals surface area (Å²) in [5, 5.41) is 52.5. The number of fused-ring (bicyclic) bond motifs is 5. The fraction of sp³-hybridized carbons (Fsp3) is 0.958. The Bertz CT molecular complexity index is 668. The minimum atomic E-state index is -0.773. The second kappa shape index (κ2) is 7.72. The molecule has 4 aliphatic carbocycles. The molecule has 0 saturated heterocycles. The third-order valence-electron chi connectivity index (χ3n) is 10.4. The number of hydrogen-bond acceptors (Lipinski definition) is 5. The first-order valence-electron chi connectivity index (χ1n) is 11.9. The molecule has 0 aromatic carbocycles. The minimum absolute atomic E-state index is 0.0961. The molecular formula is C24H40O6. The Balaban J connectivity index is 1.62. The standard InChI is InChI=1S/C24H40O6/c1-12(4-7-21(29)30)14-5-6-15-22-16(10-20(28)24(14,15)3)23(2)11-19(27)17(25)8-13(23)9-18(22)26/h12-20,22,25-28H,4-11H2,1-3H3,(H,29,30)/t12-,13?,14?,15?,16?,17+,18?,19-,20+,22?,23+,24-/m1/s1. The molecule has 4 rings (SSSR count). The zero-order valence-corrected chi connectivity index (χ0v) is 18.6. The van der Waals surface area contributed by atoms with E-state index in [0.717, 1.165) is 12.8 Å². The number of aliphatic hydroxyl groups is 4. The van der Waals surface area contributed by atoms with Gasteiger partial charge in [0.2, 0.25) is 0 Å². The monoisotopic (exact) mass is 424 g/mol. The Morgan fingerprint density at radius 3 is 2.30 bits per heavy atom. The molecule has 6 nitrogen and oxygen atoms in total. The van der Waals surface area contributed by atoms with Gasteiger partial charge in [0.15, 0.2) is 0 Å². The molecule has 4 fully saturated rings. The van der Waals surface area contributed by atoms with Crippen LogP contribution in [0.1, 0.15) is 72.1 Å². The van der Waals surface area contributed by atoms with Gasteiger partial charge in [0, 0.05) is 6.42 Å². The number of aliphatic hydroxyl groups excluding tert-OH is 4. The summed E-state index contributed by atoms with van der Waals surface area (Å²) in [6, 6.07) is 0. The van der Waals surface area contributed by atoms with Crippen molar-refractivity contribution in [3.8, 4) is 0 Å². The van der Waals surface area contributed by atoms with Crippen LogP contribution in [0, 0.1) is 46.3 Å². The van der Waals surface area contributed by atoms with Crippen molar-refractivity contribution in [2.24, 2.45) is 46.3 Å². The van der Waals surface area contributed by atoms with Crippen molar-refractivity contribution in [3.63, 3.8) is 0 Å². The molecule has 4 aliphatic rings. The second-order valence-corrected chi connectivity index (χ2v) is 11.6. The summed E-state index contributed by atoms with van der Waals surface area (Å²) in [5.41, 5.74) is -0.492. The Hall–Kier alpha value is -0.690. The average molecular weight is 425 g/mol. The number of carbonyl (C=O) groups is 1. The van der Waals surface area contributed by atoms with Crippen LogP contribution in [-0.2, 0) is 4.79 Å². The van der Waals surface area contributed by atoms with E-state index in [9.17, 15) is 25.2 Å². The lowest BCUT2D eigenvalue weighted by Crippen LogP contribution is -2.63. The van der Waals surface area contributed by atoms with E-state index in [0.29, 0.717) is 32.1 Å². The minimum Gasteiger partial charge on any atom is -0.481 e. The van der Waals surface area contributed by atoms with Gasteiger partial charge in [-0.25, -0.2) is 0 Å². The van der Waals surface area contributed by atoms with E-state index >= 15 is 0 Å². The van der Waals surface area contributed by atoms with Crippen molar-refractivity contribution in [2.45, 2.75) is 96.6 Å². The van der Waals surface area contributed by atoms with Gasteiger partial charge < -0.3 is 25.5 Å². The molecule has 0 aromatic heterocycles. The van der Waals surface area contributed by atoms with E-state index in [-0.39, 0.29) is 52.8 Å². The number of aliphatic carboxylic acids is 1. The molecular weight excluding hydrogens is 384 g/mol. The fourth-order valence-electron chi connectivity index (χ4n) is 8.72. The highest BCUT2D eigenvalue weighted by atomic mass is 16.4. The van der Waals surface area contributed by atoms with Gasteiger partial charge in [0.05, 0.1) is 24.4 Å². The van der Waals surface area contributed by atoms with Crippen molar-refractivity contribution in [3.05, 3.63) is 0 Å². The van der Waals surface area contributed by atoms with Gasteiger partial charge in [-0.05, 0) is 91.3 Å². The zero-order chi connectivity index (χ0) is 22.0. The van der Waals surface area contributed by atoms with E-state index in [2.05, 4.69) is 20.8 Å². The lowest BCUT2D eigenvalue weighted by molar-refractivity contribution is -0.219. The first kappa shape index (κ1) is 22.5. The van der Waals surface area contributed by atoms with E-state index in [1.807, 2.05) is 0 Å². The Labute approximate surface area is 179 Å². The van der Waals surface area contributed by atoms with Gasteiger partial charge in [-0.1, -0.05) is 20.8 Å². The van der Waals surface area contributed by atoms with Gasteiger partial charge in [0.25, 0.3) is 0 Å². The molecule has 4 saturated carbocycles. The van der Waals surface area contributed by atoms with Crippen LogP contribution in [0.5, 0.6) is 0 Å². The van der Waals surface area contributed by atoms with Crippen molar-refractivity contribution in [1.82, 2.24) is 0 Å². The first-order chi connectivity index (χ1) is 14.0. The van der Waals surface area contributed by atoms with Crippen LogP contribution in [-0.4, -0.2) is 55.9 Å². The van der Waals surface area contributed by atoms with Gasteiger partial charge >= 0.3 is 5.97 Å². The van der Waals surface area contributed by atoms with Crippen molar-refractivity contribution in [1.29, 1.82) is 0 Å². The topological polar surface area (TPSA) is 118 Å². The average Bonchev–Trinajstić information content (AvgIpc) is 3.02. The molecule has 0 aromatic rings. The first-order valence-corrected chi connectivity index (χ1v) is 11.9. The normalized spacial score (nSPS) is 54.0. The van der Waals surface area contributed by atoms with E-state index in [1.54, 1.807) is 0 Å². The summed E-state index contributed by atoms with van der Waals surface area (Å²) in [6.45, 7) is 6.50. The predicted octanol–water partition coefficient (Wildman–Crippen LogP) is 2.42. The van der Waals surface area contributed by atoms with Crippen LogP contribution in [0.25, 0.3) is 0 Å². The Morgan fingerprint density at radius 1 is 0.967 bits per heavy atom. The number of carboxylic acid groups (broad SMARTS) is 1. The molecule has 6 unspecified atom stereocenters. The Morgan fingerprint density at radius 2 is 1.63 bits per heavy atom. The van der Waals surface area contributed by atoms with Crippen molar-refractivity contribution in [2.75, 3.05) is 0 Å². The zero-order valence-electron chi connectivity index (χ0n) is 18.6. The summed E-state index contributed by atoms with van der Waals surface area (Å²) in [6.07, 6.45) is 2.63. The largest absolute Gasteiger partial charge is 0.481 e. The highest BCUT2D eigenvalue weighted by Crippen LogP contribution is 2.68. The number of rotatable bonds is 4. The van der Waals surface area contributed by atoms with Crippen LogP contribution in [0.2, 0.25) is 0 Å². The van der Waals surface area contributed by atoms with E-state index in [4.69, 9.17) is 5.11 Å². The summed E-state index contributed by atoms with van der Waals surface area (Å²) in [4.78, 5) is 11.1. The van der Waals surface area contributed by atoms with E-state index < -0.39 is 30.4 Å². The quantitative estimate of drug-likeness (QED) is 0.473. The smallest absolute Gasteiger partial charge is 0.303 e. The van der Waals surface area contributed by atoms with Gasteiger partial charge in [0.1, 0.15) is 0 Å². The third kappa shape index (κ3) is 3.25. The molecule has 0 aliphatic heterocycles. The number of carboxylic acids is 1. The maximum atomic E-state index is 11.5. The molecule has 6 heteroatoms. The SMILES string of the molecule is C[C@H](CCC(=O)O)C1CCC2C3C(O)CC4C[C@H](O)[C@H](O)C[C@]4(C)C3C[C@H](O)[C@@]21C. The predicted molar refractivity (Wildman–Crippen MR) is 111 cm³/mol. The third-order valence-corrected chi connectivity index (χ3v) is 10.4. The molecule has 0 heterocycles. The van der Waals surface area contributed by atoms with Gasteiger partial charge in [-0.15, -0.1) is 0 Å². The molecule has 0 spiro atoms. The van der Waals surface area contributed by atoms with Gasteiger partial charge in [-0.2, -0.15) is 0 Å². The summed E-state index contributed by atoms with van der Waals surface area (Å²) in [5.74, 6) is 0.307. The summed E-state index contributed by atoms with van der Waals surface area (Å²) < 4.78 is 0. The maximum absolute atomic E-state index is 11.5. The highest BCUT2D eigenvalue weighted by molar-refractivity contribution is 5.66. The molecule has 12 atom stereocenters. The van der Waals surface area contributed by atoms with Crippen LogP contribution in [0.4, 0.5) is 0 Å². The lowest BCUT2D eigenvalue weighted by Gasteiger charge is -2.64. The van der Waals surface area contributed by atoms with Crippen LogP contribution in [0.3, 0.4) is 0 Å². The van der Waals surface area contributed by atoms with Crippen molar-refractivity contribution < 1.29 is 30.3 Å². The molecule has 0 bridgehead atoms. The van der Waals surface area contributed by atoms with Crippen molar-refractivity contribution >= 4 is 5.97 Å². The van der Waals surface area contributed by atoms with Crippen LogP contribution >= 0.6 is 0 Å². The van der Waals surface area contributed by atoms with Crippen LogP contribution < -0.4 is 0 Å². The molecule has 172 valence electrons. The van der Waals surface area contributed by atoms with Crippen LogP contribution in [0.15, 0.2) is 0 Å². The summed E-state index contributed by atoms with van der Waals surface area (Å²) in [7, 11) is 0. The van der Waals surface area contributed by atoms with E-state index in [1.165, 1.54) is 0 Å². The maximum Gasteiger partial charge on any atom is 0.303 e. The summed E-state index contributed by atoms with van der Waals surface area (Å²) >= 11 is 0. The highest BCUT2D eigenvalue weighted by Gasteiger charge is 2.66. The number of hydrogen-bond donors (Lipinski definition) is 5. The molecule has 0 amide bonds. The lowest BCUT2D eigenvalue weighted by atomic mass is 9.43. The molecule has 0 radical (unpaired) electrons. The van der Waals surface area contributed by atoms with Gasteiger partial charge in [-0.3, -0.25) is 4.79 Å². The second-order valence-electron chi connectivity index (χ2n) is 11.6. The Kier molecular flexibility index (Phi) is 5.79. The molecule has 30 heavy (non-hydrogen) atoms. The molecule has 5 N–H and O–H groups in total. The fourth-order valence-corrected chi connectivity index (χ4v) is 8.72.